The van der Waals surface area contributed by atoms with E-state index in [2.05, 4.69) is 15.0 Å². The fourth-order valence-electron chi connectivity index (χ4n) is 1.21. The Morgan fingerprint density at radius 1 is 1.41 bits per heavy atom. The highest BCUT2D eigenvalue weighted by Crippen LogP contribution is 1.93. The number of carbonyl (C=O) groups excluding carboxylic acids is 2. The van der Waals surface area contributed by atoms with E-state index in [1.165, 1.54) is 6.07 Å². The van der Waals surface area contributed by atoms with Crippen LogP contribution in [-0.4, -0.2) is 30.0 Å². The highest BCUT2D eigenvalue weighted by molar-refractivity contribution is 5.95. The highest BCUT2D eigenvalue weighted by atomic mass is 16.5. The lowest BCUT2D eigenvalue weighted by atomic mass is 10.2. The van der Waals surface area contributed by atoms with E-state index in [-0.39, 0.29) is 18.7 Å². The third-order valence-corrected chi connectivity index (χ3v) is 2.00. The van der Waals surface area contributed by atoms with Gasteiger partial charge in [0.05, 0.1) is 6.61 Å². The first-order chi connectivity index (χ1) is 8.04. The number of aryl methyl sites for hydroxylation is 1. The monoisotopic (exact) mass is 238 g/mol. The summed E-state index contributed by atoms with van der Waals surface area (Å²) < 4.78 is 4.64. The summed E-state index contributed by atoms with van der Waals surface area (Å²) in [4.78, 5) is 36.5. The number of aromatic amines is 1. The van der Waals surface area contributed by atoms with Crippen molar-refractivity contribution in [3.63, 3.8) is 0 Å². The van der Waals surface area contributed by atoms with Gasteiger partial charge < -0.3 is 15.0 Å². The van der Waals surface area contributed by atoms with Crippen molar-refractivity contribution in [3.05, 3.63) is 33.7 Å². The van der Waals surface area contributed by atoms with E-state index < -0.39 is 17.4 Å². The number of nitrogens with one attached hydrogen (secondary N) is 2. The third-order valence-electron chi connectivity index (χ3n) is 2.00. The Morgan fingerprint density at radius 2 is 2.12 bits per heavy atom. The number of ether oxygens (including phenoxy) is 1. The molecule has 1 heterocycles. The Hall–Kier alpha value is -2.11. The fraction of sp³-hybridized carbons (Fsp3) is 0.364. The summed E-state index contributed by atoms with van der Waals surface area (Å²) in [6, 6.07) is 3.02. The SMILES string of the molecule is CCOC(=O)CNC(=O)c1ccc(C)[nH]c1=O. The average molecular weight is 238 g/mol. The molecule has 6 nitrogen and oxygen atoms in total. The minimum absolute atomic E-state index is 0.0279. The summed E-state index contributed by atoms with van der Waals surface area (Å²) in [7, 11) is 0. The highest BCUT2D eigenvalue weighted by Gasteiger charge is 2.11. The lowest BCUT2D eigenvalue weighted by Gasteiger charge is -2.04. The van der Waals surface area contributed by atoms with Gasteiger partial charge in [-0.1, -0.05) is 0 Å². The van der Waals surface area contributed by atoms with Crippen molar-refractivity contribution in [2.24, 2.45) is 0 Å². The van der Waals surface area contributed by atoms with Crippen LogP contribution in [0.15, 0.2) is 16.9 Å². The van der Waals surface area contributed by atoms with Gasteiger partial charge in [0, 0.05) is 5.69 Å². The molecule has 0 spiro atoms. The second kappa shape index (κ2) is 5.83. The van der Waals surface area contributed by atoms with Gasteiger partial charge in [0.1, 0.15) is 12.1 Å². The molecule has 1 amide bonds. The largest absolute Gasteiger partial charge is 0.465 e. The summed E-state index contributed by atoms with van der Waals surface area (Å²) in [6.07, 6.45) is 0. The summed E-state index contributed by atoms with van der Waals surface area (Å²) in [5.41, 5.74) is 0.156. The van der Waals surface area contributed by atoms with Crippen LogP contribution in [0, 0.1) is 6.92 Å². The Balaban J connectivity index is 2.64. The van der Waals surface area contributed by atoms with Crippen LogP contribution in [-0.2, 0) is 9.53 Å². The van der Waals surface area contributed by atoms with E-state index in [0.717, 1.165) is 0 Å². The Bertz CT molecular complexity index is 479. The molecule has 1 aromatic rings. The smallest absolute Gasteiger partial charge is 0.325 e. The molecule has 0 fully saturated rings. The first-order valence-electron chi connectivity index (χ1n) is 5.18. The normalized spacial score (nSPS) is 9.76. The molecule has 0 unspecified atom stereocenters. The molecule has 0 atom stereocenters. The van der Waals surface area contributed by atoms with Crippen LogP contribution >= 0.6 is 0 Å². The molecule has 0 radical (unpaired) electrons. The number of esters is 1. The van der Waals surface area contributed by atoms with Crippen molar-refractivity contribution < 1.29 is 14.3 Å². The second-order valence-corrected chi connectivity index (χ2v) is 3.37. The van der Waals surface area contributed by atoms with Gasteiger partial charge in [0.15, 0.2) is 0 Å². The minimum Gasteiger partial charge on any atom is -0.465 e. The Kier molecular flexibility index (Phi) is 4.45. The van der Waals surface area contributed by atoms with Gasteiger partial charge in [0.2, 0.25) is 0 Å². The zero-order valence-corrected chi connectivity index (χ0v) is 9.70. The molecule has 92 valence electrons. The van der Waals surface area contributed by atoms with Crippen LogP contribution in [0.2, 0.25) is 0 Å². The van der Waals surface area contributed by atoms with Crippen molar-refractivity contribution in [3.8, 4) is 0 Å². The van der Waals surface area contributed by atoms with Gasteiger partial charge in [0.25, 0.3) is 11.5 Å². The molecule has 0 bridgehead atoms. The second-order valence-electron chi connectivity index (χ2n) is 3.37. The molecule has 1 rings (SSSR count). The molecule has 0 saturated heterocycles. The van der Waals surface area contributed by atoms with Crippen LogP contribution in [0.1, 0.15) is 23.0 Å². The van der Waals surface area contributed by atoms with Crippen LogP contribution in [0.5, 0.6) is 0 Å². The van der Waals surface area contributed by atoms with Crippen molar-refractivity contribution in [2.75, 3.05) is 13.2 Å². The van der Waals surface area contributed by atoms with Crippen LogP contribution in [0.3, 0.4) is 0 Å². The molecule has 6 heteroatoms. The summed E-state index contributed by atoms with van der Waals surface area (Å²) >= 11 is 0. The minimum atomic E-state index is -0.598. The standard InChI is InChI=1S/C11H14N2O4/c1-3-17-9(14)6-12-10(15)8-5-4-7(2)13-11(8)16/h4-5H,3,6H2,1-2H3,(H,12,15)(H,13,16). The number of carbonyl (C=O) groups is 2. The quantitative estimate of drug-likeness (QED) is 0.721. The summed E-state index contributed by atoms with van der Waals surface area (Å²) in [5.74, 6) is -1.14. The van der Waals surface area contributed by atoms with Crippen LogP contribution in [0.25, 0.3) is 0 Å². The molecule has 0 aliphatic carbocycles. The number of hydrogen-bond donors (Lipinski definition) is 2. The molecule has 0 aliphatic heterocycles. The van der Waals surface area contributed by atoms with Crippen LogP contribution in [0.4, 0.5) is 0 Å². The van der Waals surface area contributed by atoms with Gasteiger partial charge >= 0.3 is 5.97 Å². The molecule has 0 aliphatic rings. The first kappa shape index (κ1) is 13.0. The third kappa shape index (κ3) is 3.75. The molecule has 0 aromatic carbocycles. The number of rotatable bonds is 4. The van der Waals surface area contributed by atoms with E-state index in [0.29, 0.717) is 5.69 Å². The molecular weight excluding hydrogens is 224 g/mol. The topological polar surface area (TPSA) is 88.3 Å². The van der Waals surface area contributed by atoms with Crippen molar-refractivity contribution in [2.45, 2.75) is 13.8 Å². The molecular formula is C11H14N2O4. The van der Waals surface area contributed by atoms with Crippen molar-refractivity contribution >= 4 is 11.9 Å². The van der Waals surface area contributed by atoms with Gasteiger partial charge in [-0.25, -0.2) is 0 Å². The van der Waals surface area contributed by atoms with Crippen molar-refractivity contribution in [1.29, 1.82) is 0 Å². The first-order valence-corrected chi connectivity index (χ1v) is 5.18. The van der Waals surface area contributed by atoms with E-state index in [9.17, 15) is 14.4 Å². The molecule has 1 aromatic heterocycles. The number of H-pyrrole nitrogens is 1. The van der Waals surface area contributed by atoms with Gasteiger partial charge in [-0.2, -0.15) is 0 Å². The number of amides is 1. The maximum Gasteiger partial charge on any atom is 0.325 e. The van der Waals surface area contributed by atoms with E-state index in [1.807, 2.05) is 0 Å². The Labute approximate surface area is 98.0 Å². The molecule has 0 saturated carbocycles. The average Bonchev–Trinajstić information content (AvgIpc) is 2.26. The predicted octanol–water partition coefficient (Wildman–Crippen LogP) is -0.0238. The maximum absolute atomic E-state index is 11.5. The van der Waals surface area contributed by atoms with E-state index >= 15 is 0 Å². The van der Waals surface area contributed by atoms with Crippen LogP contribution < -0.4 is 10.9 Å². The van der Waals surface area contributed by atoms with E-state index in [4.69, 9.17) is 0 Å². The summed E-state index contributed by atoms with van der Waals surface area (Å²) in [5, 5.41) is 2.31. The maximum atomic E-state index is 11.5. The molecule has 17 heavy (non-hydrogen) atoms. The van der Waals surface area contributed by atoms with E-state index in [1.54, 1.807) is 19.9 Å². The summed E-state index contributed by atoms with van der Waals surface area (Å²) in [6.45, 7) is 3.38. The lowest BCUT2D eigenvalue weighted by Crippen LogP contribution is -2.34. The van der Waals surface area contributed by atoms with Gasteiger partial charge in [-0.15, -0.1) is 0 Å². The number of pyridine rings is 1. The van der Waals surface area contributed by atoms with Gasteiger partial charge in [-0.05, 0) is 26.0 Å². The number of hydrogen-bond acceptors (Lipinski definition) is 4. The molecule has 2 N–H and O–H groups in total. The predicted molar refractivity (Wildman–Crippen MR) is 60.8 cm³/mol. The zero-order chi connectivity index (χ0) is 12.8. The lowest BCUT2D eigenvalue weighted by molar-refractivity contribution is -0.141. The zero-order valence-electron chi connectivity index (χ0n) is 9.70. The number of aromatic nitrogens is 1. The van der Waals surface area contributed by atoms with Gasteiger partial charge in [-0.3, -0.25) is 14.4 Å². The Morgan fingerprint density at radius 3 is 2.71 bits per heavy atom. The fourth-order valence-corrected chi connectivity index (χ4v) is 1.21. The van der Waals surface area contributed by atoms with Crippen molar-refractivity contribution in [1.82, 2.24) is 10.3 Å².